The minimum atomic E-state index is -0.178. The van der Waals surface area contributed by atoms with Crippen LogP contribution in [0.15, 0.2) is 63.4 Å². The zero-order valence-electron chi connectivity index (χ0n) is 13.8. The molecule has 3 rings (SSSR count). The summed E-state index contributed by atoms with van der Waals surface area (Å²) in [6.07, 6.45) is 6.56. The molecule has 0 spiro atoms. The Hall–Kier alpha value is -2.80. The molecular formula is C18H18N4O2S. The lowest BCUT2D eigenvalue weighted by atomic mass is 10.3. The van der Waals surface area contributed by atoms with Crippen molar-refractivity contribution in [2.24, 2.45) is 5.10 Å². The highest BCUT2D eigenvalue weighted by Crippen LogP contribution is 2.23. The second-order valence-corrected chi connectivity index (χ2v) is 6.05. The van der Waals surface area contributed by atoms with E-state index < -0.39 is 0 Å². The first-order chi connectivity index (χ1) is 12.3. The van der Waals surface area contributed by atoms with Gasteiger partial charge in [0, 0.05) is 12.8 Å². The summed E-state index contributed by atoms with van der Waals surface area (Å²) < 4.78 is 7.25. The number of aryl methyl sites for hydroxylation is 1. The van der Waals surface area contributed by atoms with Crippen LogP contribution in [0.1, 0.15) is 12.7 Å². The Morgan fingerprint density at radius 2 is 2.24 bits per heavy atom. The third kappa shape index (κ3) is 4.39. The van der Waals surface area contributed by atoms with Crippen molar-refractivity contribution >= 4 is 41.0 Å². The van der Waals surface area contributed by atoms with Gasteiger partial charge in [0.15, 0.2) is 5.16 Å². The van der Waals surface area contributed by atoms with E-state index >= 15 is 0 Å². The number of allylic oxidation sites excluding steroid dienone is 1. The molecule has 0 saturated heterocycles. The van der Waals surface area contributed by atoms with Crippen LogP contribution in [0.2, 0.25) is 0 Å². The number of aromatic nitrogens is 2. The van der Waals surface area contributed by atoms with E-state index in [1.165, 1.54) is 18.0 Å². The highest BCUT2D eigenvalue weighted by Gasteiger charge is 2.11. The standard InChI is InChI=1S/C18H18N4O2S/c1-2-22-16-10-4-3-9-15(16)20-18(22)25-13-17(23)21-19-11-5-7-14-8-6-12-24-14/h3-12H,2,13H2,1H3,(H,21,23)/b7-5+,19-11?. The van der Waals surface area contributed by atoms with E-state index in [0.717, 1.165) is 28.5 Å². The van der Waals surface area contributed by atoms with Crippen LogP contribution in [-0.2, 0) is 11.3 Å². The lowest BCUT2D eigenvalue weighted by molar-refractivity contribution is -0.118. The van der Waals surface area contributed by atoms with Crippen molar-refractivity contribution in [2.45, 2.75) is 18.6 Å². The van der Waals surface area contributed by atoms with Gasteiger partial charge >= 0.3 is 0 Å². The van der Waals surface area contributed by atoms with Gasteiger partial charge in [-0.05, 0) is 43.3 Å². The van der Waals surface area contributed by atoms with Crippen molar-refractivity contribution in [3.63, 3.8) is 0 Å². The average molecular weight is 354 g/mol. The lowest BCUT2D eigenvalue weighted by Crippen LogP contribution is -2.19. The van der Waals surface area contributed by atoms with Crippen LogP contribution in [-0.4, -0.2) is 27.4 Å². The fraction of sp³-hybridized carbons (Fsp3) is 0.167. The molecule has 0 aliphatic heterocycles. The zero-order valence-corrected chi connectivity index (χ0v) is 14.6. The summed E-state index contributed by atoms with van der Waals surface area (Å²) in [6.45, 7) is 2.87. The quantitative estimate of drug-likeness (QED) is 0.400. The summed E-state index contributed by atoms with van der Waals surface area (Å²) in [5.74, 6) is 0.803. The Bertz CT molecular complexity index is 897. The van der Waals surface area contributed by atoms with Gasteiger partial charge in [0.1, 0.15) is 5.76 Å². The number of furan rings is 1. The molecule has 0 aliphatic rings. The topological polar surface area (TPSA) is 72.4 Å². The molecule has 3 aromatic rings. The smallest absolute Gasteiger partial charge is 0.250 e. The molecular weight excluding hydrogens is 336 g/mol. The second-order valence-electron chi connectivity index (χ2n) is 5.10. The Morgan fingerprint density at radius 1 is 1.36 bits per heavy atom. The minimum Gasteiger partial charge on any atom is -0.465 e. The van der Waals surface area contributed by atoms with Gasteiger partial charge in [0.2, 0.25) is 0 Å². The summed E-state index contributed by atoms with van der Waals surface area (Å²) in [7, 11) is 0. The van der Waals surface area contributed by atoms with Gasteiger partial charge in [0.25, 0.3) is 5.91 Å². The van der Waals surface area contributed by atoms with Crippen LogP contribution in [0.4, 0.5) is 0 Å². The zero-order chi connectivity index (χ0) is 17.5. The molecule has 25 heavy (non-hydrogen) atoms. The normalized spacial score (nSPS) is 11.7. The summed E-state index contributed by atoms with van der Waals surface area (Å²) >= 11 is 1.40. The molecule has 2 aromatic heterocycles. The summed E-state index contributed by atoms with van der Waals surface area (Å²) in [6, 6.07) is 11.6. The number of hydrazone groups is 1. The molecule has 1 aromatic carbocycles. The molecule has 128 valence electrons. The van der Waals surface area contributed by atoms with E-state index in [9.17, 15) is 4.79 Å². The van der Waals surface area contributed by atoms with Crippen LogP contribution >= 0.6 is 11.8 Å². The van der Waals surface area contributed by atoms with Gasteiger partial charge in [-0.2, -0.15) is 5.10 Å². The van der Waals surface area contributed by atoms with Gasteiger partial charge in [0.05, 0.1) is 23.0 Å². The van der Waals surface area contributed by atoms with Crippen LogP contribution in [0.25, 0.3) is 17.1 Å². The molecule has 0 unspecified atom stereocenters. The van der Waals surface area contributed by atoms with Crippen molar-refractivity contribution < 1.29 is 9.21 Å². The second kappa shape index (κ2) is 8.34. The summed E-state index contributed by atoms with van der Waals surface area (Å²) in [4.78, 5) is 16.5. The number of imidazole rings is 1. The Kier molecular flexibility index (Phi) is 5.69. The molecule has 1 amide bonds. The molecule has 2 heterocycles. The summed E-state index contributed by atoms with van der Waals surface area (Å²) in [5, 5.41) is 4.71. The first kappa shape index (κ1) is 17.0. The van der Waals surface area contributed by atoms with Gasteiger partial charge in [-0.25, -0.2) is 10.4 Å². The Labute approximate surface area is 149 Å². The molecule has 6 nitrogen and oxygen atoms in total. The largest absolute Gasteiger partial charge is 0.465 e. The molecule has 0 aliphatic carbocycles. The van der Waals surface area contributed by atoms with E-state index in [1.54, 1.807) is 24.5 Å². The fourth-order valence-electron chi connectivity index (χ4n) is 2.31. The Morgan fingerprint density at radius 3 is 3.04 bits per heavy atom. The van der Waals surface area contributed by atoms with Crippen LogP contribution in [0, 0.1) is 0 Å². The van der Waals surface area contributed by atoms with Crippen LogP contribution < -0.4 is 5.43 Å². The fourth-order valence-corrected chi connectivity index (χ4v) is 3.18. The highest BCUT2D eigenvalue weighted by atomic mass is 32.2. The SMILES string of the molecule is CCn1c(SCC(=O)NN=C/C=C/c2ccco2)nc2ccccc21. The number of carbonyl (C=O) groups is 1. The molecule has 7 heteroatoms. The van der Waals surface area contributed by atoms with Gasteiger partial charge in [-0.1, -0.05) is 23.9 Å². The predicted octanol–water partition coefficient (Wildman–Crippen LogP) is 3.56. The lowest BCUT2D eigenvalue weighted by Gasteiger charge is -2.04. The third-order valence-corrected chi connectivity index (χ3v) is 4.40. The number of benzene rings is 1. The maximum Gasteiger partial charge on any atom is 0.250 e. The van der Waals surface area contributed by atoms with Gasteiger partial charge in [-0.3, -0.25) is 4.79 Å². The van der Waals surface area contributed by atoms with Crippen molar-refractivity contribution in [1.29, 1.82) is 0 Å². The molecule has 1 N–H and O–H groups in total. The van der Waals surface area contributed by atoms with Crippen molar-refractivity contribution in [2.75, 3.05) is 5.75 Å². The summed E-state index contributed by atoms with van der Waals surface area (Å²) in [5.41, 5.74) is 4.51. The van der Waals surface area contributed by atoms with Crippen molar-refractivity contribution in [1.82, 2.24) is 15.0 Å². The maximum atomic E-state index is 11.9. The first-order valence-corrected chi connectivity index (χ1v) is 8.86. The maximum absolute atomic E-state index is 11.9. The minimum absolute atomic E-state index is 0.178. The number of fused-ring (bicyclic) bond motifs is 1. The van der Waals surface area contributed by atoms with Crippen LogP contribution in [0.5, 0.6) is 0 Å². The number of carbonyl (C=O) groups excluding carboxylic acids is 1. The van der Waals surface area contributed by atoms with Gasteiger partial charge < -0.3 is 8.98 Å². The first-order valence-electron chi connectivity index (χ1n) is 7.88. The molecule has 0 fully saturated rings. The third-order valence-electron chi connectivity index (χ3n) is 3.42. The number of amides is 1. The number of thioether (sulfide) groups is 1. The van der Waals surface area contributed by atoms with E-state index in [1.807, 2.05) is 30.3 Å². The van der Waals surface area contributed by atoms with E-state index in [4.69, 9.17) is 4.42 Å². The number of hydrogen-bond donors (Lipinski definition) is 1. The molecule has 0 saturated carbocycles. The average Bonchev–Trinajstić information content (AvgIpc) is 3.26. The van der Waals surface area contributed by atoms with E-state index in [-0.39, 0.29) is 11.7 Å². The molecule has 0 radical (unpaired) electrons. The Balaban J connectivity index is 1.52. The number of para-hydroxylation sites is 2. The number of hydrogen-bond acceptors (Lipinski definition) is 5. The monoisotopic (exact) mass is 354 g/mol. The van der Waals surface area contributed by atoms with Crippen LogP contribution in [0.3, 0.4) is 0 Å². The molecule has 0 atom stereocenters. The van der Waals surface area contributed by atoms with Crippen molar-refractivity contribution in [3.05, 3.63) is 54.5 Å². The van der Waals surface area contributed by atoms with Crippen molar-refractivity contribution in [3.8, 4) is 0 Å². The van der Waals surface area contributed by atoms with E-state index in [0.29, 0.717) is 0 Å². The van der Waals surface area contributed by atoms with Gasteiger partial charge in [-0.15, -0.1) is 0 Å². The number of nitrogens with one attached hydrogen (secondary N) is 1. The number of nitrogens with zero attached hydrogens (tertiary/aromatic N) is 3. The molecule has 0 bridgehead atoms. The number of rotatable bonds is 7. The predicted molar refractivity (Wildman–Crippen MR) is 101 cm³/mol. The van der Waals surface area contributed by atoms with E-state index in [2.05, 4.69) is 27.0 Å². The highest BCUT2D eigenvalue weighted by molar-refractivity contribution is 7.99.